The van der Waals surface area contributed by atoms with E-state index < -0.39 is 47.7 Å². The fourth-order valence-corrected chi connectivity index (χ4v) is 5.48. The molecule has 2 N–H and O–H groups in total. The van der Waals surface area contributed by atoms with Gasteiger partial charge >= 0.3 is 6.18 Å². The lowest BCUT2D eigenvalue weighted by Gasteiger charge is -2.37. The third kappa shape index (κ3) is 10.2. The van der Waals surface area contributed by atoms with Crippen molar-refractivity contribution in [1.82, 2.24) is 15.1 Å². The molecule has 0 saturated carbocycles. The van der Waals surface area contributed by atoms with Crippen LogP contribution >= 0.6 is 11.6 Å². The second-order valence-electron chi connectivity index (χ2n) is 12.9. The summed E-state index contributed by atoms with van der Waals surface area (Å²) < 4.78 is 73.7. The van der Waals surface area contributed by atoms with Crippen molar-refractivity contribution in [3.8, 4) is 0 Å². The molecule has 0 aromatic heterocycles. The third-order valence-corrected chi connectivity index (χ3v) is 8.35. The summed E-state index contributed by atoms with van der Waals surface area (Å²) in [5, 5.41) is 5.59. The van der Waals surface area contributed by atoms with Crippen molar-refractivity contribution >= 4 is 34.8 Å². The SMILES string of the molecule is CC(C)(C)CCN1CCO[C@H](C(=O)NCc2ccc(C(=O)Nc3ccc(Cl)cc3N3CCN(CCC(F)(F)F)CC3)c(F)c2F)C1. The Morgan fingerprint density at radius 3 is 2.30 bits per heavy atom. The summed E-state index contributed by atoms with van der Waals surface area (Å²) in [5.41, 5.74) is 0.295. The van der Waals surface area contributed by atoms with Gasteiger partial charge in [0, 0.05) is 62.9 Å². The Bertz CT molecular complexity index is 1380. The van der Waals surface area contributed by atoms with Crippen LogP contribution in [0.5, 0.6) is 0 Å². The molecule has 2 saturated heterocycles. The molecule has 14 heteroatoms. The number of alkyl halides is 3. The standard InChI is InChI=1S/C32H41ClF5N5O3/c1-31(2,3)8-10-42-16-17-46-26(20-42)30(45)39-19-21-4-6-23(28(35)27(21)34)29(44)40-24-7-5-22(33)18-25(24)43-14-12-41(13-15-43)11-9-32(36,37)38/h4-7,18,26H,8-17,19-20H2,1-3H3,(H,39,45)(H,40,44)/t26-/m0/s1. The van der Waals surface area contributed by atoms with Gasteiger partial charge in [0.2, 0.25) is 0 Å². The van der Waals surface area contributed by atoms with Gasteiger partial charge in [-0.2, -0.15) is 13.2 Å². The summed E-state index contributed by atoms with van der Waals surface area (Å²) in [4.78, 5) is 31.6. The lowest BCUT2D eigenvalue weighted by atomic mass is 9.92. The number of halogens is 6. The molecule has 2 aromatic rings. The molecule has 0 aliphatic carbocycles. The number of hydrogen-bond acceptors (Lipinski definition) is 6. The van der Waals surface area contributed by atoms with Crippen LogP contribution in [0, 0.1) is 17.0 Å². The molecule has 2 aliphatic heterocycles. The van der Waals surface area contributed by atoms with Crippen molar-refractivity contribution in [1.29, 1.82) is 0 Å². The molecule has 254 valence electrons. The van der Waals surface area contributed by atoms with Crippen LogP contribution in [0.25, 0.3) is 0 Å². The average molecular weight is 674 g/mol. The number of rotatable bonds is 10. The minimum atomic E-state index is -4.24. The van der Waals surface area contributed by atoms with E-state index in [1.807, 2.05) is 4.90 Å². The van der Waals surface area contributed by atoms with E-state index in [-0.39, 0.29) is 24.1 Å². The lowest BCUT2D eigenvalue weighted by molar-refractivity contribution is -0.139. The van der Waals surface area contributed by atoms with Crippen LogP contribution < -0.4 is 15.5 Å². The third-order valence-electron chi connectivity index (χ3n) is 8.11. The molecule has 46 heavy (non-hydrogen) atoms. The highest BCUT2D eigenvalue weighted by Crippen LogP contribution is 2.31. The maximum Gasteiger partial charge on any atom is 0.390 e. The highest BCUT2D eigenvalue weighted by Gasteiger charge is 2.30. The first kappa shape index (κ1) is 35.8. The van der Waals surface area contributed by atoms with Crippen molar-refractivity contribution in [2.45, 2.75) is 52.4 Å². The summed E-state index contributed by atoms with van der Waals surface area (Å²) in [6.45, 7) is 9.87. The van der Waals surface area contributed by atoms with Crippen molar-refractivity contribution in [3.05, 3.63) is 58.1 Å². The fourth-order valence-electron chi connectivity index (χ4n) is 5.31. The van der Waals surface area contributed by atoms with Crippen LogP contribution in [-0.4, -0.2) is 92.9 Å². The molecule has 0 unspecified atom stereocenters. The summed E-state index contributed by atoms with van der Waals surface area (Å²) in [5.74, 6) is -3.94. The molecule has 0 spiro atoms. The van der Waals surface area contributed by atoms with Gasteiger partial charge in [-0.15, -0.1) is 0 Å². The molecule has 2 aliphatic rings. The maximum absolute atomic E-state index is 15.1. The Morgan fingerprint density at radius 2 is 1.63 bits per heavy atom. The molecule has 2 aromatic carbocycles. The lowest BCUT2D eigenvalue weighted by Crippen LogP contribution is -2.50. The fraction of sp³-hybridized carbons (Fsp3) is 0.562. The van der Waals surface area contributed by atoms with Gasteiger partial charge in [-0.1, -0.05) is 38.4 Å². The molecule has 0 bridgehead atoms. The molecular weight excluding hydrogens is 633 g/mol. The molecule has 2 heterocycles. The molecule has 1 atom stereocenters. The molecule has 0 radical (unpaired) electrons. The molecule has 2 amide bonds. The second-order valence-corrected chi connectivity index (χ2v) is 13.3. The van der Waals surface area contributed by atoms with Gasteiger partial charge in [0.05, 0.1) is 30.0 Å². The van der Waals surface area contributed by atoms with Crippen LogP contribution in [0.3, 0.4) is 0 Å². The van der Waals surface area contributed by atoms with Gasteiger partial charge in [0.25, 0.3) is 11.8 Å². The highest BCUT2D eigenvalue weighted by molar-refractivity contribution is 6.31. The quantitative estimate of drug-likeness (QED) is 0.316. The number of piperazine rings is 1. The number of carbonyl (C=O) groups is 2. The first-order valence-corrected chi connectivity index (χ1v) is 15.7. The number of morpholine rings is 1. The predicted octanol–water partition coefficient (Wildman–Crippen LogP) is 5.70. The minimum Gasteiger partial charge on any atom is -0.367 e. The monoisotopic (exact) mass is 673 g/mol. The Hall–Kier alpha value is -3.00. The average Bonchev–Trinajstić information content (AvgIpc) is 3.00. The highest BCUT2D eigenvalue weighted by atomic mass is 35.5. The van der Waals surface area contributed by atoms with Crippen molar-refractivity contribution in [2.24, 2.45) is 5.41 Å². The first-order valence-electron chi connectivity index (χ1n) is 15.3. The molecule has 2 fully saturated rings. The topological polar surface area (TPSA) is 77.1 Å². The number of benzene rings is 2. The van der Waals surface area contributed by atoms with E-state index in [1.165, 1.54) is 18.2 Å². The first-order chi connectivity index (χ1) is 21.6. The van der Waals surface area contributed by atoms with E-state index in [9.17, 15) is 22.8 Å². The zero-order chi connectivity index (χ0) is 33.6. The summed E-state index contributed by atoms with van der Waals surface area (Å²) in [6.07, 6.45) is -4.91. The molecular formula is C32H41ClF5N5O3. The summed E-state index contributed by atoms with van der Waals surface area (Å²) >= 11 is 6.20. The van der Waals surface area contributed by atoms with Crippen LogP contribution in [0.4, 0.5) is 33.3 Å². The number of amides is 2. The summed E-state index contributed by atoms with van der Waals surface area (Å²) in [7, 11) is 0. The van der Waals surface area contributed by atoms with Crippen molar-refractivity contribution in [3.63, 3.8) is 0 Å². The van der Waals surface area contributed by atoms with Gasteiger partial charge in [-0.3, -0.25) is 19.4 Å². The van der Waals surface area contributed by atoms with Gasteiger partial charge < -0.3 is 20.3 Å². The zero-order valence-electron chi connectivity index (χ0n) is 26.3. The van der Waals surface area contributed by atoms with Gasteiger partial charge in [-0.25, -0.2) is 8.78 Å². The van der Waals surface area contributed by atoms with Crippen LogP contribution in [0.2, 0.25) is 5.02 Å². The van der Waals surface area contributed by atoms with Gasteiger partial charge in [0.1, 0.15) is 6.10 Å². The number of nitrogens with one attached hydrogen (secondary N) is 2. The number of hydrogen-bond donors (Lipinski definition) is 2. The predicted molar refractivity (Wildman–Crippen MR) is 167 cm³/mol. The van der Waals surface area contributed by atoms with E-state index in [0.29, 0.717) is 62.3 Å². The summed E-state index contributed by atoms with van der Waals surface area (Å²) in [6, 6.07) is 7.05. The second kappa shape index (κ2) is 15.3. The Labute approximate surface area is 271 Å². The van der Waals surface area contributed by atoms with E-state index in [1.54, 1.807) is 11.0 Å². The Kier molecular flexibility index (Phi) is 11.9. The van der Waals surface area contributed by atoms with Crippen LogP contribution in [0.1, 0.15) is 49.5 Å². The van der Waals surface area contributed by atoms with E-state index in [2.05, 4.69) is 36.3 Å². The van der Waals surface area contributed by atoms with E-state index >= 15 is 8.78 Å². The minimum absolute atomic E-state index is 0.106. The van der Waals surface area contributed by atoms with Crippen molar-refractivity contribution in [2.75, 3.05) is 69.2 Å². The number of nitrogens with zero attached hydrogens (tertiary/aromatic N) is 3. The number of carbonyl (C=O) groups excluding carboxylic acids is 2. The van der Waals surface area contributed by atoms with Gasteiger partial charge in [0.15, 0.2) is 11.6 Å². The van der Waals surface area contributed by atoms with Gasteiger partial charge in [-0.05, 0) is 42.6 Å². The van der Waals surface area contributed by atoms with E-state index in [4.69, 9.17) is 16.3 Å². The maximum atomic E-state index is 15.1. The normalized spacial score (nSPS) is 18.5. The number of anilines is 2. The van der Waals surface area contributed by atoms with Crippen LogP contribution in [0.15, 0.2) is 30.3 Å². The smallest absolute Gasteiger partial charge is 0.367 e. The molecule has 4 rings (SSSR count). The Balaban J connectivity index is 1.36. The Morgan fingerprint density at radius 1 is 0.935 bits per heavy atom. The largest absolute Gasteiger partial charge is 0.390 e. The zero-order valence-corrected chi connectivity index (χ0v) is 27.0. The van der Waals surface area contributed by atoms with Crippen LogP contribution in [-0.2, 0) is 16.1 Å². The van der Waals surface area contributed by atoms with E-state index in [0.717, 1.165) is 19.0 Å². The number of ether oxygens (including phenoxy) is 1. The van der Waals surface area contributed by atoms with Crippen molar-refractivity contribution < 1.29 is 36.3 Å². The molecule has 8 nitrogen and oxygen atoms in total.